The number of carbonyl (C=O) groups is 3. The number of nitrogens with two attached hydrogens (primary N) is 1. The van der Waals surface area contributed by atoms with Crippen LogP contribution in [0.4, 0.5) is 0 Å². The molecule has 0 spiro atoms. The van der Waals surface area contributed by atoms with Gasteiger partial charge >= 0.3 is 0 Å². The van der Waals surface area contributed by atoms with Crippen LogP contribution in [0.1, 0.15) is 66.1 Å². The Morgan fingerprint density at radius 1 is 1.16 bits per heavy atom. The first-order chi connectivity index (χ1) is 15.0. The van der Waals surface area contributed by atoms with Gasteiger partial charge < -0.3 is 10.6 Å². The molecule has 2 fully saturated rings. The molecule has 1 unspecified atom stereocenters. The molecule has 3 amide bonds. The van der Waals surface area contributed by atoms with E-state index in [1.54, 1.807) is 9.58 Å². The molecule has 3 atom stereocenters. The summed E-state index contributed by atoms with van der Waals surface area (Å²) in [4.78, 5) is 38.2. The Balaban J connectivity index is 1.35. The fourth-order valence-corrected chi connectivity index (χ4v) is 5.05. The molecule has 0 radical (unpaired) electrons. The predicted octanol–water partition coefficient (Wildman–Crippen LogP) is 1.26. The van der Waals surface area contributed by atoms with Crippen molar-refractivity contribution in [3.8, 4) is 5.69 Å². The zero-order valence-electron chi connectivity index (χ0n) is 17.3. The molecule has 3 aliphatic rings. The second-order valence-corrected chi connectivity index (χ2v) is 8.79. The van der Waals surface area contributed by atoms with Crippen LogP contribution in [0.3, 0.4) is 0 Å². The highest BCUT2D eigenvalue weighted by molar-refractivity contribution is 6.05. The van der Waals surface area contributed by atoms with Crippen molar-refractivity contribution in [2.75, 3.05) is 6.54 Å². The van der Waals surface area contributed by atoms with E-state index >= 15 is 0 Å². The SMILES string of the molecule is NC[C@@H]1CCC[C@H](c2cn(-c3ccc4c(c3)C(=O)N(C3CCC(=O)NC3=O)C4)nn2)C1. The monoisotopic (exact) mass is 422 g/mol. The molecule has 9 nitrogen and oxygen atoms in total. The molecule has 3 N–H and O–H groups in total. The number of nitrogens with one attached hydrogen (secondary N) is 1. The van der Waals surface area contributed by atoms with E-state index in [2.05, 4.69) is 15.6 Å². The molecule has 1 saturated heterocycles. The second kappa shape index (κ2) is 7.88. The van der Waals surface area contributed by atoms with Gasteiger partial charge in [-0.2, -0.15) is 0 Å². The van der Waals surface area contributed by atoms with Crippen molar-refractivity contribution in [1.29, 1.82) is 0 Å². The van der Waals surface area contributed by atoms with Crippen LogP contribution in [0.25, 0.3) is 5.69 Å². The van der Waals surface area contributed by atoms with Gasteiger partial charge in [-0.3, -0.25) is 19.7 Å². The van der Waals surface area contributed by atoms with E-state index in [-0.39, 0.29) is 18.2 Å². The Morgan fingerprint density at radius 2 is 2.03 bits per heavy atom. The number of carbonyl (C=O) groups excluding carboxylic acids is 3. The van der Waals surface area contributed by atoms with E-state index in [0.29, 0.717) is 36.9 Å². The summed E-state index contributed by atoms with van der Waals surface area (Å²) in [7, 11) is 0. The average Bonchev–Trinajstić information content (AvgIpc) is 3.39. The smallest absolute Gasteiger partial charge is 0.255 e. The lowest BCUT2D eigenvalue weighted by atomic mass is 9.80. The largest absolute Gasteiger partial charge is 0.330 e. The molecule has 5 rings (SSSR count). The molecule has 9 heteroatoms. The molecular formula is C22H26N6O3. The van der Waals surface area contributed by atoms with Crippen molar-refractivity contribution in [2.24, 2.45) is 11.7 Å². The van der Waals surface area contributed by atoms with E-state index in [1.807, 2.05) is 24.4 Å². The van der Waals surface area contributed by atoms with Gasteiger partial charge in [-0.05, 0) is 55.8 Å². The fourth-order valence-electron chi connectivity index (χ4n) is 5.05. The van der Waals surface area contributed by atoms with Crippen LogP contribution in [0, 0.1) is 5.92 Å². The number of amides is 3. The van der Waals surface area contributed by atoms with Gasteiger partial charge in [0.2, 0.25) is 11.8 Å². The Morgan fingerprint density at radius 3 is 2.84 bits per heavy atom. The van der Waals surface area contributed by atoms with Gasteiger partial charge in [0.1, 0.15) is 6.04 Å². The van der Waals surface area contributed by atoms with Gasteiger partial charge in [0, 0.05) is 24.4 Å². The van der Waals surface area contributed by atoms with Gasteiger partial charge in [0.05, 0.1) is 17.6 Å². The summed E-state index contributed by atoms with van der Waals surface area (Å²) in [6.07, 6.45) is 7.02. The molecule has 1 aromatic carbocycles. The quantitative estimate of drug-likeness (QED) is 0.715. The first-order valence-electron chi connectivity index (χ1n) is 10.9. The van der Waals surface area contributed by atoms with Gasteiger partial charge in [-0.15, -0.1) is 5.10 Å². The maximum absolute atomic E-state index is 13.0. The van der Waals surface area contributed by atoms with Crippen molar-refractivity contribution >= 4 is 17.7 Å². The molecule has 1 aromatic heterocycles. The van der Waals surface area contributed by atoms with Crippen LogP contribution in [-0.2, 0) is 16.1 Å². The Labute approximate surface area is 180 Å². The van der Waals surface area contributed by atoms with Gasteiger partial charge in [-0.1, -0.05) is 17.7 Å². The molecule has 162 valence electrons. The average molecular weight is 422 g/mol. The topological polar surface area (TPSA) is 123 Å². The predicted molar refractivity (Wildman–Crippen MR) is 111 cm³/mol. The molecule has 1 saturated carbocycles. The van der Waals surface area contributed by atoms with Crippen LogP contribution < -0.4 is 11.1 Å². The van der Waals surface area contributed by atoms with Gasteiger partial charge in [-0.25, -0.2) is 4.68 Å². The number of fused-ring (bicyclic) bond motifs is 1. The van der Waals surface area contributed by atoms with Crippen LogP contribution in [0.15, 0.2) is 24.4 Å². The summed E-state index contributed by atoms with van der Waals surface area (Å²) in [5, 5.41) is 11.0. The number of hydrogen-bond donors (Lipinski definition) is 2. The number of benzene rings is 1. The number of rotatable bonds is 4. The van der Waals surface area contributed by atoms with Crippen molar-refractivity contribution in [2.45, 2.75) is 57.0 Å². The van der Waals surface area contributed by atoms with Crippen LogP contribution in [0.2, 0.25) is 0 Å². The highest BCUT2D eigenvalue weighted by Gasteiger charge is 2.39. The minimum Gasteiger partial charge on any atom is -0.330 e. The van der Waals surface area contributed by atoms with Crippen molar-refractivity contribution < 1.29 is 14.4 Å². The van der Waals surface area contributed by atoms with Gasteiger partial charge in [0.15, 0.2) is 0 Å². The molecule has 3 heterocycles. The molecule has 1 aliphatic carbocycles. The second-order valence-electron chi connectivity index (χ2n) is 8.79. The lowest BCUT2D eigenvalue weighted by molar-refractivity contribution is -0.136. The normalized spacial score (nSPS) is 26.2. The summed E-state index contributed by atoms with van der Waals surface area (Å²) in [5.41, 5.74) is 9.04. The summed E-state index contributed by atoms with van der Waals surface area (Å²) >= 11 is 0. The van der Waals surface area contributed by atoms with Crippen molar-refractivity contribution in [3.05, 3.63) is 41.2 Å². The highest BCUT2D eigenvalue weighted by Crippen LogP contribution is 2.35. The van der Waals surface area contributed by atoms with E-state index in [9.17, 15) is 14.4 Å². The number of hydrogen-bond acceptors (Lipinski definition) is 6. The van der Waals surface area contributed by atoms with E-state index in [4.69, 9.17) is 5.73 Å². The molecular weight excluding hydrogens is 396 g/mol. The molecule has 31 heavy (non-hydrogen) atoms. The number of piperidine rings is 1. The first-order valence-corrected chi connectivity index (χ1v) is 10.9. The maximum atomic E-state index is 13.0. The minimum absolute atomic E-state index is 0.190. The van der Waals surface area contributed by atoms with Crippen LogP contribution in [0.5, 0.6) is 0 Å². The summed E-state index contributed by atoms with van der Waals surface area (Å²) < 4.78 is 1.71. The third kappa shape index (κ3) is 3.63. The Bertz CT molecular complexity index is 1050. The molecule has 2 aromatic rings. The zero-order chi connectivity index (χ0) is 21.5. The Kier molecular flexibility index (Phi) is 5.05. The highest BCUT2D eigenvalue weighted by atomic mass is 16.2. The van der Waals surface area contributed by atoms with E-state index in [0.717, 1.165) is 36.2 Å². The molecule has 0 bridgehead atoms. The molecule has 2 aliphatic heterocycles. The first kappa shape index (κ1) is 19.9. The minimum atomic E-state index is -0.610. The standard InChI is InChI=1S/C22H26N6O3/c23-10-13-2-1-3-14(8-13)18-12-28(26-25-18)16-5-4-15-11-27(22(31)17(15)9-16)19-6-7-20(29)24-21(19)30/h4-5,9,12-14,19H,1-3,6-8,10-11,23H2,(H,24,29,30)/t13-,14+,19?/m1/s1. The van der Waals surface area contributed by atoms with E-state index in [1.165, 1.54) is 6.42 Å². The third-order valence-corrected chi connectivity index (χ3v) is 6.82. The van der Waals surface area contributed by atoms with Crippen molar-refractivity contribution in [3.63, 3.8) is 0 Å². The Hall–Kier alpha value is -3.07. The summed E-state index contributed by atoms with van der Waals surface area (Å²) in [6, 6.07) is 5.02. The van der Waals surface area contributed by atoms with E-state index < -0.39 is 11.9 Å². The lowest BCUT2D eigenvalue weighted by Gasteiger charge is -2.29. The number of aromatic nitrogens is 3. The third-order valence-electron chi connectivity index (χ3n) is 6.82. The number of imide groups is 1. The summed E-state index contributed by atoms with van der Waals surface area (Å²) in [5.74, 6) is 0.0342. The zero-order valence-corrected chi connectivity index (χ0v) is 17.3. The van der Waals surface area contributed by atoms with Crippen LogP contribution >= 0.6 is 0 Å². The van der Waals surface area contributed by atoms with Gasteiger partial charge in [0.25, 0.3) is 5.91 Å². The van der Waals surface area contributed by atoms with Crippen LogP contribution in [-0.4, -0.2) is 50.2 Å². The van der Waals surface area contributed by atoms with Crippen molar-refractivity contribution in [1.82, 2.24) is 25.2 Å². The maximum Gasteiger partial charge on any atom is 0.255 e. The number of nitrogens with zero attached hydrogens (tertiary/aromatic N) is 4. The fraction of sp³-hybridized carbons (Fsp3) is 0.500. The summed E-state index contributed by atoms with van der Waals surface area (Å²) in [6.45, 7) is 1.08. The lowest BCUT2D eigenvalue weighted by Crippen LogP contribution is -2.52.